The van der Waals surface area contributed by atoms with Crippen molar-refractivity contribution in [2.45, 2.75) is 12.8 Å². The Hall–Kier alpha value is -2.08. The van der Waals surface area contributed by atoms with Gasteiger partial charge < -0.3 is 14.6 Å². The topological polar surface area (TPSA) is 62.6 Å². The van der Waals surface area contributed by atoms with Gasteiger partial charge in [-0.2, -0.15) is 0 Å². The van der Waals surface area contributed by atoms with Crippen LogP contribution in [-0.2, 0) is 0 Å². The molecule has 1 aliphatic rings. The quantitative estimate of drug-likeness (QED) is 0.942. The molecule has 1 atom stereocenters. The lowest BCUT2D eigenvalue weighted by Gasteiger charge is -2.32. The molecule has 0 radical (unpaired) electrons. The molecule has 116 valence electrons. The van der Waals surface area contributed by atoms with Crippen LogP contribution in [-0.4, -0.2) is 36.3 Å². The third-order valence-electron chi connectivity index (χ3n) is 3.83. The fourth-order valence-electron chi connectivity index (χ4n) is 2.70. The van der Waals surface area contributed by atoms with Crippen molar-refractivity contribution in [2.24, 2.45) is 5.92 Å². The molecule has 0 saturated carbocycles. The zero-order valence-corrected chi connectivity index (χ0v) is 13.0. The molecule has 2 aromatic heterocycles. The van der Waals surface area contributed by atoms with E-state index in [1.54, 1.807) is 12.1 Å². The minimum absolute atomic E-state index is 0.0945. The highest BCUT2D eigenvalue weighted by Gasteiger charge is 2.25. The van der Waals surface area contributed by atoms with Gasteiger partial charge in [0.05, 0.1) is 11.1 Å². The molecule has 1 aliphatic heterocycles. The summed E-state index contributed by atoms with van der Waals surface area (Å²) >= 11 is 1.47. The van der Waals surface area contributed by atoms with Crippen LogP contribution < -0.4 is 5.32 Å². The van der Waals surface area contributed by atoms with Crippen LogP contribution >= 0.6 is 11.3 Å². The first-order valence-corrected chi connectivity index (χ1v) is 8.26. The standard InChI is InChI=1S/C16H18N2O3S/c19-15(13-5-2-8-21-13)17-10-12-4-1-7-18(11-12)16(20)14-6-3-9-22-14/h2-3,5-6,8-9,12H,1,4,7,10-11H2,(H,17,19)/t12-/m1/s1. The molecular formula is C16H18N2O3S. The van der Waals surface area contributed by atoms with E-state index in [1.807, 2.05) is 22.4 Å². The van der Waals surface area contributed by atoms with E-state index in [-0.39, 0.29) is 17.7 Å². The van der Waals surface area contributed by atoms with Crippen LogP contribution in [0.25, 0.3) is 0 Å². The summed E-state index contributed by atoms with van der Waals surface area (Å²) in [5, 5.41) is 4.80. The lowest BCUT2D eigenvalue weighted by Crippen LogP contribution is -2.43. The molecule has 0 aliphatic carbocycles. The molecule has 1 saturated heterocycles. The number of thiophene rings is 1. The van der Waals surface area contributed by atoms with Gasteiger partial charge in [-0.15, -0.1) is 11.3 Å². The Morgan fingerprint density at radius 1 is 1.36 bits per heavy atom. The Balaban J connectivity index is 1.52. The van der Waals surface area contributed by atoms with Crippen LogP contribution in [0.4, 0.5) is 0 Å². The van der Waals surface area contributed by atoms with E-state index in [2.05, 4.69) is 5.32 Å². The number of amides is 2. The van der Waals surface area contributed by atoms with Crippen molar-refractivity contribution in [2.75, 3.05) is 19.6 Å². The monoisotopic (exact) mass is 318 g/mol. The van der Waals surface area contributed by atoms with Crippen molar-refractivity contribution < 1.29 is 14.0 Å². The number of carbonyl (C=O) groups is 2. The Kier molecular flexibility index (Phi) is 4.58. The number of nitrogens with zero attached hydrogens (tertiary/aromatic N) is 1. The first-order chi connectivity index (χ1) is 10.7. The summed E-state index contributed by atoms with van der Waals surface area (Å²) < 4.78 is 5.07. The number of hydrogen-bond acceptors (Lipinski definition) is 4. The minimum Gasteiger partial charge on any atom is -0.459 e. The van der Waals surface area contributed by atoms with Gasteiger partial charge in [-0.25, -0.2) is 0 Å². The zero-order chi connectivity index (χ0) is 15.4. The fraction of sp³-hybridized carbons (Fsp3) is 0.375. The summed E-state index contributed by atoms with van der Waals surface area (Å²) in [7, 11) is 0. The van der Waals surface area contributed by atoms with Gasteiger partial charge in [-0.05, 0) is 42.3 Å². The predicted molar refractivity (Wildman–Crippen MR) is 84.0 cm³/mol. The van der Waals surface area contributed by atoms with Crippen LogP contribution in [0.15, 0.2) is 40.3 Å². The minimum atomic E-state index is -0.202. The van der Waals surface area contributed by atoms with E-state index in [0.717, 1.165) is 24.3 Å². The van der Waals surface area contributed by atoms with Crippen LogP contribution in [0, 0.1) is 5.92 Å². The van der Waals surface area contributed by atoms with Crippen molar-refractivity contribution in [3.63, 3.8) is 0 Å². The lowest BCUT2D eigenvalue weighted by molar-refractivity contribution is 0.0675. The van der Waals surface area contributed by atoms with E-state index in [1.165, 1.54) is 17.6 Å². The number of carbonyl (C=O) groups excluding carboxylic acids is 2. The van der Waals surface area contributed by atoms with Crippen LogP contribution in [0.1, 0.15) is 33.1 Å². The number of hydrogen-bond donors (Lipinski definition) is 1. The highest BCUT2D eigenvalue weighted by Crippen LogP contribution is 2.20. The summed E-state index contributed by atoms with van der Waals surface area (Å²) in [6.45, 7) is 2.04. The normalized spacial score (nSPS) is 18.2. The van der Waals surface area contributed by atoms with Gasteiger partial charge in [-0.3, -0.25) is 9.59 Å². The molecule has 1 N–H and O–H groups in total. The Labute approximate surface area is 132 Å². The second-order valence-corrected chi connectivity index (χ2v) is 6.37. The molecule has 2 aromatic rings. The third kappa shape index (κ3) is 3.39. The molecule has 0 aromatic carbocycles. The SMILES string of the molecule is O=C(NC[C@H]1CCCN(C(=O)c2cccs2)C1)c1ccco1. The fourth-order valence-corrected chi connectivity index (χ4v) is 3.39. The van der Waals surface area contributed by atoms with Crippen LogP contribution in [0.5, 0.6) is 0 Å². The van der Waals surface area contributed by atoms with E-state index in [4.69, 9.17) is 4.42 Å². The smallest absolute Gasteiger partial charge is 0.286 e. The Bertz CT molecular complexity index is 622. The maximum atomic E-state index is 12.4. The van der Waals surface area contributed by atoms with Gasteiger partial charge >= 0.3 is 0 Å². The molecule has 0 unspecified atom stereocenters. The summed E-state index contributed by atoms with van der Waals surface area (Å²) in [5.41, 5.74) is 0. The molecule has 0 spiro atoms. The zero-order valence-electron chi connectivity index (χ0n) is 12.2. The first kappa shape index (κ1) is 14.8. The van der Waals surface area contributed by atoms with Gasteiger partial charge in [0.2, 0.25) is 0 Å². The van der Waals surface area contributed by atoms with Crippen molar-refractivity contribution in [1.82, 2.24) is 10.2 Å². The highest BCUT2D eigenvalue weighted by molar-refractivity contribution is 7.12. The van der Waals surface area contributed by atoms with Crippen molar-refractivity contribution in [1.29, 1.82) is 0 Å². The lowest BCUT2D eigenvalue weighted by atomic mass is 9.98. The summed E-state index contributed by atoms with van der Waals surface area (Å²) in [6.07, 6.45) is 3.47. The number of piperidine rings is 1. The average Bonchev–Trinajstić information content (AvgIpc) is 3.25. The molecular weight excluding hydrogens is 300 g/mol. The second-order valence-electron chi connectivity index (χ2n) is 5.42. The molecule has 3 heterocycles. The predicted octanol–water partition coefficient (Wildman–Crippen LogP) is 2.62. The summed E-state index contributed by atoms with van der Waals surface area (Å²) in [4.78, 5) is 26.9. The van der Waals surface area contributed by atoms with E-state index in [0.29, 0.717) is 18.8 Å². The molecule has 0 bridgehead atoms. The van der Waals surface area contributed by atoms with Crippen LogP contribution in [0.3, 0.4) is 0 Å². The molecule has 2 amide bonds. The number of furan rings is 1. The van der Waals surface area contributed by atoms with Crippen LogP contribution in [0.2, 0.25) is 0 Å². The van der Waals surface area contributed by atoms with Gasteiger partial charge in [0.25, 0.3) is 11.8 Å². The number of likely N-dealkylation sites (tertiary alicyclic amines) is 1. The van der Waals surface area contributed by atoms with Crippen molar-refractivity contribution in [3.8, 4) is 0 Å². The molecule has 6 heteroatoms. The molecule has 22 heavy (non-hydrogen) atoms. The largest absolute Gasteiger partial charge is 0.459 e. The highest BCUT2D eigenvalue weighted by atomic mass is 32.1. The second kappa shape index (κ2) is 6.79. The molecule has 1 fully saturated rings. The maximum Gasteiger partial charge on any atom is 0.286 e. The molecule has 3 rings (SSSR count). The molecule has 5 nitrogen and oxygen atoms in total. The van der Waals surface area contributed by atoms with Gasteiger partial charge in [0.1, 0.15) is 0 Å². The summed E-state index contributed by atoms with van der Waals surface area (Å²) in [6, 6.07) is 7.08. The van der Waals surface area contributed by atoms with E-state index < -0.39 is 0 Å². The van der Waals surface area contributed by atoms with Gasteiger partial charge in [0.15, 0.2) is 5.76 Å². The van der Waals surface area contributed by atoms with Crippen molar-refractivity contribution >= 4 is 23.2 Å². The first-order valence-electron chi connectivity index (χ1n) is 7.38. The Morgan fingerprint density at radius 2 is 2.27 bits per heavy atom. The maximum absolute atomic E-state index is 12.4. The van der Waals surface area contributed by atoms with E-state index in [9.17, 15) is 9.59 Å². The Morgan fingerprint density at radius 3 is 3.00 bits per heavy atom. The average molecular weight is 318 g/mol. The number of nitrogens with one attached hydrogen (secondary N) is 1. The van der Waals surface area contributed by atoms with Gasteiger partial charge in [-0.1, -0.05) is 6.07 Å². The van der Waals surface area contributed by atoms with E-state index >= 15 is 0 Å². The van der Waals surface area contributed by atoms with Gasteiger partial charge in [0, 0.05) is 19.6 Å². The van der Waals surface area contributed by atoms with Crippen molar-refractivity contribution in [3.05, 3.63) is 46.5 Å². The summed E-state index contributed by atoms with van der Waals surface area (Å²) in [5.74, 6) is 0.502. The third-order valence-corrected chi connectivity index (χ3v) is 4.69. The number of rotatable bonds is 4.